The number of thiazole rings is 1. The molecule has 0 amide bonds. The summed E-state index contributed by atoms with van der Waals surface area (Å²) >= 11 is 7.88. The normalized spacial score (nSPS) is 22.5. The molecule has 1 aromatic heterocycles. The predicted octanol–water partition coefficient (Wildman–Crippen LogP) is 4.06. The molecular weight excluding hydrogens is 304 g/mol. The van der Waals surface area contributed by atoms with Crippen molar-refractivity contribution in [2.75, 3.05) is 24.6 Å². The van der Waals surface area contributed by atoms with Crippen LogP contribution in [0.4, 0.5) is 5.13 Å². The molecule has 0 aliphatic carbocycles. The van der Waals surface area contributed by atoms with Gasteiger partial charge in [-0.1, -0.05) is 36.7 Å². The Morgan fingerprint density at radius 3 is 3.00 bits per heavy atom. The van der Waals surface area contributed by atoms with E-state index in [0.29, 0.717) is 0 Å². The minimum atomic E-state index is -0.0194. The minimum Gasteiger partial charge on any atom is -0.396 e. The fourth-order valence-electron chi connectivity index (χ4n) is 2.81. The summed E-state index contributed by atoms with van der Waals surface area (Å²) in [4.78, 5) is 7.03. The topological polar surface area (TPSA) is 36.4 Å². The van der Waals surface area contributed by atoms with Crippen LogP contribution in [-0.4, -0.2) is 29.8 Å². The third-order valence-electron chi connectivity index (χ3n) is 4.08. The second-order valence-corrected chi connectivity index (χ2v) is 7.23. The van der Waals surface area contributed by atoms with Crippen LogP contribution < -0.4 is 4.90 Å². The largest absolute Gasteiger partial charge is 0.396 e. The quantitative estimate of drug-likeness (QED) is 0.925. The SMILES string of the molecule is CC1(CO)CCCN(c2nc(-c3ccccc3Cl)cs2)C1. The van der Waals surface area contributed by atoms with Crippen LogP contribution in [0.25, 0.3) is 11.3 Å². The molecule has 1 aliphatic heterocycles. The Labute approximate surface area is 134 Å². The summed E-state index contributed by atoms with van der Waals surface area (Å²) in [6.07, 6.45) is 2.17. The molecule has 112 valence electrons. The molecule has 3 rings (SSSR count). The molecule has 2 heterocycles. The zero-order chi connectivity index (χ0) is 14.9. The molecule has 2 aromatic rings. The average molecular weight is 323 g/mol. The van der Waals surface area contributed by atoms with E-state index in [-0.39, 0.29) is 12.0 Å². The first-order valence-electron chi connectivity index (χ1n) is 7.17. The van der Waals surface area contributed by atoms with Gasteiger partial charge in [0.15, 0.2) is 5.13 Å². The Morgan fingerprint density at radius 1 is 1.43 bits per heavy atom. The van der Waals surface area contributed by atoms with Gasteiger partial charge in [-0.25, -0.2) is 4.98 Å². The number of nitrogens with zero attached hydrogens (tertiary/aromatic N) is 2. The molecule has 0 saturated carbocycles. The molecule has 5 heteroatoms. The van der Waals surface area contributed by atoms with Crippen LogP contribution in [0.2, 0.25) is 5.02 Å². The number of rotatable bonds is 3. The second-order valence-electron chi connectivity index (χ2n) is 5.99. The summed E-state index contributed by atoms with van der Waals surface area (Å²) in [6.45, 7) is 4.23. The lowest BCUT2D eigenvalue weighted by atomic mass is 9.83. The predicted molar refractivity (Wildman–Crippen MR) is 89.2 cm³/mol. The van der Waals surface area contributed by atoms with E-state index < -0.39 is 0 Å². The van der Waals surface area contributed by atoms with Gasteiger partial charge in [0, 0.05) is 34.5 Å². The van der Waals surface area contributed by atoms with Crippen molar-refractivity contribution in [2.24, 2.45) is 5.41 Å². The average Bonchev–Trinajstić information content (AvgIpc) is 2.97. The van der Waals surface area contributed by atoms with E-state index in [4.69, 9.17) is 16.6 Å². The van der Waals surface area contributed by atoms with Crippen molar-refractivity contribution in [3.05, 3.63) is 34.7 Å². The van der Waals surface area contributed by atoms with E-state index in [9.17, 15) is 5.11 Å². The van der Waals surface area contributed by atoms with E-state index in [0.717, 1.165) is 47.3 Å². The molecule has 3 nitrogen and oxygen atoms in total. The number of piperidine rings is 1. The number of aliphatic hydroxyl groups excluding tert-OH is 1. The lowest BCUT2D eigenvalue weighted by Crippen LogP contribution is -2.43. The van der Waals surface area contributed by atoms with Crippen LogP contribution in [0, 0.1) is 5.41 Å². The molecule has 1 N–H and O–H groups in total. The van der Waals surface area contributed by atoms with Crippen molar-refractivity contribution in [1.29, 1.82) is 0 Å². The standard InChI is InChI=1S/C16H19ClN2OS/c1-16(11-20)7-4-8-19(10-16)15-18-14(9-21-15)12-5-2-3-6-13(12)17/h2-3,5-6,9,20H,4,7-8,10-11H2,1H3. The summed E-state index contributed by atoms with van der Waals surface area (Å²) < 4.78 is 0. The number of anilines is 1. The fourth-order valence-corrected chi connectivity index (χ4v) is 3.90. The van der Waals surface area contributed by atoms with Crippen LogP contribution >= 0.6 is 22.9 Å². The van der Waals surface area contributed by atoms with Gasteiger partial charge in [-0.05, 0) is 18.9 Å². The maximum Gasteiger partial charge on any atom is 0.185 e. The first-order valence-corrected chi connectivity index (χ1v) is 8.43. The highest BCUT2D eigenvalue weighted by atomic mass is 35.5. The lowest BCUT2D eigenvalue weighted by molar-refractivity contribution is 0.123. The summed E-state index contributed by atoms with van der Waals surface area (Å²) in [5.74, 6) is 0. The van der Waals surface area contributed by atoms with E-state index in [2.05, 4.69) is 17.2 Å². The number of halogens is 1. The molecule has 0 radical (unpaired) electrons. The lowest BCUT2D eigenvalue weighted by Gasteiger charge is -2.39. The van der Waals surface area contributed by atoms with E-state index in [1.54, 1.807) is 11.3 Å². The smallest absolute Gasteiger partial charge is 0.185 e. The first-order chi connectivity index (χ1) is 10.1. The van der Waals surface area contributed by atoms with Crippen LogP contribution in [0.1, 0.15) is 19.8 Å². The minimum absolute atomic E-state index is 0.0194. The molecule has 0 spiro atoms. The number of hydrogen-bond acceptors (Lipinski definition) is 4. The van der Waals surface area contributed by atoms with Crippen LogP contribution in [-0.2, 0) is 0 Å². The molecule has 1 unspecified atom stereocenters. The zero-order valence-corrected chi connectivity index (χ0v) is 13.6. The Morgan fingerprint density at radius 2 is 2.24 bits per heavy atom. The van der Waals surface area contributed by atoms with Gasteiger partial charge in [0.25, 0.3) is 0 Å². The Balaban J connectivity index is 1.84. The Hall–Kier alpha value is -1.10. The summed E-state index contributed by atoms with van der Waals surface area (Å²) in [5.41, 5.74) is 1.88. The van der Waals surface area contributed by atoms with E-state index in [1.165, 1.54) is 0 Å². The molecular formula is C16H19ClN2OS. The van der Waals surface area contributed by atoms with Crippen molar-refractivity contribution in [1.82, 2.24) is 4.98 Å². The van der Waals surface area contributed by atoms with E-state index in [1.807, 2.05) is 24.3 Å². The molecule has 1 saturated heterocycles. The first kappa shape index (κ1) is 14.8. The molecule has 1 atom stereocenters. The van der Waals surface area contributed by atoms with Gasteiger partial charge in [0.2, 0.25) is 0 Å². The van der Waals surface area contributed by atoms with Gasteiger partial charge < -0.3 is 10.0 Å². The molecule has 1 fully saturated rings. The van der Waals surface area contributed by atoms with Crippen molar-refractivity contribution in [3.8, 4) is 11.3 Å². The molecule has 1 aliphatic rings. The third-order valence-corrected chi connectivity index (χ3v) is 5.31. The van der Waals surface area contributed by atoms with Crippen molar-refractivity contribution >= 4 is 28.1 Å². The highest BCUT2D eigenvalue weighted by molar-refractivity contribution is 7.14. The summed E-state index contributed by atoms with van der Waals surface area (Å²) in [7, 11) is 0. The molecule has 1 aromatic carbocycles. The van der Waals surface area contributed by atoms with Crippen molar-refractivity contribution in [2.45, 2.75) is 19.8 Å². The highest BCUT2D eigenvalue weighted by Gasteiger charge is 2.31. The van der Waals surface area contributed by atoms with Gasteiger partial charge >= 0.3 is 0 Å². The zero-order valence-electron chi connectivity index (χ0n) is 12.1. The molecule has 21 heavy (non-hydrogen) atoms. The number of aliphatic hydroxyl groups is 1. The van der Waals surface area contributed by atoms with Crippen LogP contribution in [0.5, 0.6) is 0 Å². The van der Waals surface area contributed by atoms with E-state index >= 15 is 0 Å². The highest BCUT2D eigenvalue weighted by Crippen LogP contribution is 2.36. The van der Waals surface area contributed by atoms with Gasteiger partial charge in [0.1, 0.15) is 0 Å². The Bertz CT molecular complexity index is 630. The number of aromatic nitrogens is 1. The van der Waals surface area contributed by atoms with Crippen LogP contribution in [0.3, 0.4) is 0 Å². The van der Waals surface area contributed by atoms with Gasteiger partial charge in [-0.3, -0.25) is 0 Å². The van der Waals surface area contributed by atoms with Crippen molar-refractivity contribution < 1.29 is 5.11 Å². The van der Waals surface area contributed by atoms with Gasteiger partial charge in [-0.2, -0.15) is 0 Å². The second kappa shape index (κ2) is 5.95. The number of benzene rings is 1. The third kappa shape index (κ3) is 3.07. The summed E-state index contributed by atoms with van der Waals surface area (Å²) in [5, 5.41) is 13.4. The Kier molecular flexibility index (Phi) is 4.20. The van der Waals surface area contributed by atoms with Gasteiger partial charge in [-0.15, -0.1) is 11.3 Å². The monoisotopic (exact) mass is 322 g/mol. The fraction of sp³-hybridized carbons (Fsp3) is 0.438. The van der Waals surface area contributed by atoms with Crippen molar-refractivity contribution in [3.63, 3.8) is 0 Å². The summed E-state index contributed by atoms with van der Waals surface area (Å²) in [6, 6.07) is 7.79. The number of hydrogen-bond donors (Lipinski definition) is 1. The maximum atomic E-state index is 9.57. The van der Waals surface area contributed by atoms with Crippen LogP contribution in [0.15, 0.2) is 29.6 Å². The molecule has 0 bridgehead atoms. The maximum absolute atomic E-state index is 9.57. The van der Waals surface area contributed by atoms with Gasteiger partial charge in [0.05, 0.1) is 12.3 Å².